The van der Waals surface area contributed by atoms with E-state index in [-0.39, 0.29) is 46.7 Å². The lowest BCUT2D eigenvalue weighted by Crippen LogP contribution is -2.47. The molecule has 2 amide bonds. The van der Waals surface area contributed by atoms with E-state index in [0.29, 0.717) is 5.71 Å². The third-order valence-corrected chi connectivity index (χ3v) is 8.76. The highest BCUT2D eigenvalue weighted by molar-refractivity contribution is 6.20. The van der Waals surface area contributed by atoms with Gasteiger partial charge >= 0.3 is 0 Å². The molecule has 2 fully saturated rings. The molecule has 2 saturated carbocycles. The summed E-state index contributed by atoms with van der Waals surface area (Å²) in [4.78, 5) is 46.0. The Bertz CT molecular complexity index is 1200. The minimum Gasteiger partial charge on any atom is -0.326 e. The third kappa shape index (κ3) is 3.23. The van der Waals surface area contributed by atoms with Gasteiger partial charge in [-0.2, -0.15) is 0 Å². The molecule has 5 rings (SSSR count). The summed E-state index contributed by atoms with van der Waals surface area (Å²) >= 11 is 0. The van der Waals surface area contributed by atoms with Crippen LogP contribution in [0.2, 0.25) is 0 Å². The van der Waals surface area contributed by atoms with Crippen molar-refractivity contribution < 1.29 is 14.4 Å². The fourth-order valence-corrected chi connectivity index (χ4v) is 6.36. The van der Waals surface area contributed by atoms with Gasteiger partial charge in [-0.25, -0.2) is 4.99 Å². The first kappa shape index (κ1) is 22.5. The number of aliphatic imine (C=N–C) groups is 1. The molecule has 0 radical (unpaired) electrons. The van der Waals surface area contributed by atoms with Gasteiger partial charge in [0.05, 0.1) is 11.4 Å². The highest BCUT2D eigenvalue weighted by atomic mass is 16.2. The predicted molar refractivity (Wildman–Crippen MR) is 132 cm³/mol. The van der Waals surface area contributed by atoms with E-state index in [2.05, 4.69) is 19.2 Å². The number of carbonyl (C=O) groups excluding carboxylic acids is 3. The molecule has 3 unspecified atom stereocenters. The van der Waals surface area contributed by atoms with Gasteiger partial charge in [-0.3, -0.25) is 14.4 Å². The molecule has 2 aromatic rings. The molecular weight excluding hydrogens is 426 g/mol. The molecule has 34 heavy (non-hydrogen) atoms. The number of fused-ring (bicyclic) bond motifs is 3. The number of benzodiazepines with no additional fused rings is 1. The Morgan fingerprint density at radius 1 is 1.06 bits per heavy atom. The fraction of sp³-hybridized carbons (Fsp3) is 0.429. The molecule has 2 aliphatic carbocycles. The quantitative estimate of drug-likeness (QED) is 0.754. The van der Waals surface area contributed by atoms with Crippen LogP contribution in [0.15, 0.2) is 59.6 Å². The maximum atomic E-state index is 13.3. The van der Waals surface area contributed by atoms with Crippen LogP contribution in [0, 0.1) is 22.7 Å². The number of Topliss-reactive ketones (excluding diaryl/α,β-unsaturated/α-hetero) is 1. The van der Waals surface area contributed by atoms with Gasteiger partial charge in [0.2, 0.25) is 12.1 Å². The first-order valence-corrected chi connectivity index (χ1v) is 12.0. The standard InChI is InChI=1S/C28H31N3O3/c1-27(2)20-14-15-28(27,3)24(33)19(20)16-22(32)29-25-26(34)31(4)21-13-9-8-12-18(21)23(30-25)17-10-6-5-7-11-17/h5-13,19-20,25H,14-16H2,1-4H3,(H,29,32)/t19?,20?,25-,28?/m1/s1. The average Bonchev–Trinajstić information content (AvgIpc) is 3.09. The summed E-state index contributed by atoms with van der Waals surface area (Å²) < 4.78 is 0. The molecular formula is C28H31N3O3. The molecule has 1 heterocycles. The number of hydrogen-bond donors (Lipinski definition) is 1. The molecule has 0 saturated heterocycles. The Labute approximate surface area is 200 Å². The minimum atomic E-state index is -1.06. The van der Waals surface area contributed by atoms with Gasteiger partial charge in [0, 0.05) is 35.9 Å². The Morgan fingerprint density at radius 3 is 2.41 bits per heavy atom. The van der Waals surface area contributed by atoms with Crippen LogP contribution in [0.5, 0.6) is 0 Å². The van der Waals surface area contributed by atoms with Crippen LogP contribution < -0.4 is 10.2 Å². The number of likely N-dealkylation sites (N-methyl/N-ethyl adjacent to an activating group) is 1. The van der Waals surface area contributed by atoms with Crippen molar-refractivity contribution in [3.63, 3.8) is 0 Å². The first-order valence-electron chi connectivity index (χ1n) is 12.0. The largest absolute Gasteiger partial charge is 0.326 e. The van der Waals surface area contributed by atoms with Gasteiger partial charge in [0.15, 0.2) is 0 Å². The van der Waals surface area contributed by atoms with Crippen molar-refractivity contribution in [1.82, 2.24) is 5.32 Å². The zero-order valence-electron chi connectivity index (χ0n) is 20.2. The molecule has 1 aliphatic heterocycles. The Kier molecular flexibility index (Phi) is 5.23. The van der Waals surface area contributed by atoms with Crippen molar-refractivity contribution in [3.05, 3.63) is 65.7 Å². The van der Waals surface area contributed by atoms with Crippen LogP contribution in [-0.2, 0) is 14.4 Å². The van der Waals surface area contributed by atoms with Crippen molar-refractivity contribution in [1.29, 1.82) is 0 Å². The topological polar surface area (TPSA) is 78.8 Å². The average molecular weight is 458 g/mol. The maximum absolute atomic E-state index is 13.3. The van der Waals surface area contributed by atoms with E-state index in [9.17, 15) is 14.4 Å². The highest BCUT2D eigenvalue weighted by Crippen LogP contribution is 2.66. The molecule has 0 spiro atoms. The number of rotatable bonds is 4. The summed E-state index contributed by atoms with van der Waals surface area (Å²) in [7, 11) is 1.70. The molecule has 3 aliphatic rings. The number of carbonyl (C=O) groups is 3. The van der Waals surface area contributed by atoms with E-state index in [1.807, 2.05) is 61.5 Å². The van der Waals surface area contributed by atoms with E-state index in [4.69, 9.17) is 4.99 Å². The number of benzene rings is 2. The van der Waals surface area contributed by atoms with Crippen molar-refractivity contribution in [2.45, 2.75) is 46.2 Å². The van der Waals surface area contributed by atoms with Crippen molar-refractivity contribution in [2.75, 3.05) is 11.9 Å². The maximum Gasteiger partial charge on any atom is 0.272 e. The van der Waals surface area contributed by atoms with Crippen molar-refractivity contribution in [3.8, 4) is 0 Å². The highest BCUT2D eigenvalue weighted by Gasteiger charge is 2.66. The molecule has 2 aromatic carbocycles. The van der Waals surface area contributed by atoms with Crippen LogP contribution >= 0.6 is 0 Å². The SMILES string of the molecule is CN1C(=O)[C@H](NC(=O)CC2C(=O)C3(C)CCC2C3(C)C)N=C(c2ccccc2)c2ccccc21. The molecule has 1 N–H and O–H groups in total. The molecule has 4 atom stereocenters. The van der Waals surface area contributed by atoms with Crippen LogP contribution in [0.3, 0.4) is 0 Å². The second-order valence-electron chi connectivity index (χ2n) is 10.6. The van der Waals surface area contributed by atoms with Crippen LogP contribution in [0.25, 0.3) is 0 Å². The summed E-state index contributed by atoms with van der Waals surface area (Å²) in [5.74, 6) is -0.537. The molecule has 2 bridgehead atoms. The van der Waals surface area contributed by atoms with E-state index in [1.54, 1.807) is 11.9 Å². The molecule has 0 aromatic heterocycles. The Balaban J connectivity index is 1.44. The smallest absolute Gasteiger partial charge is 0.272 e. The summed E-state index contributed by atoms with van der Waals surface area (Å²) in [6.45, 7) is 6.35. The van der Waals surface area contributed by atoms with Gasteiger partial charge in [0.1, 0.15) is 5.78 Å². The molecule has 6 nitrogen and oxygen atoms in total. The lowest BCUT2D eigenvalue weighted by Gasteiger charge is -2.32. The number of amides is 2. The molecule has 6 heteroatoms. The number of hydrogen-bond acceptors (Lipinski definition) is 4. The summed E-state index contributed by atoms with van der Waals surface area (Å²) in [5, 5.41) is 2.85. The van der Waals surface area contributed by atoms with Gasteiger partial charge < -0.3 is 10.2 Å². The summed E-state index contributed by atoms with van der Waals surface area (Å²) in [5.41, 5.74) is 2.61. The lowest BCUT2D eigenvalue weighted by molar-refractivity contribution is -0.135. The molecule has 176 valence electrons. The van der Waals surface area contributed by atoms with Crippen LogP contribution in [0.1, 0.15) is 51.2 Å². The predicted octanol–water partition coefficient (Wildman–Crippen LogP) is 3.97. The third-order valence-electron chi connectivity index (χ3n) is 8.76. The zero-order valence-corrected chi connectivity index (χ0v) is 20.2. The van der Waals surface area contributed by atoms with Crippen molar-refractivity contribution in [2.24, 2.45) is 27.7 Å². The number of ketones is 1. The monoisotopic (exact) mass is 457 g/mol. The Hall–Kier alpha value is -3.28. The normalized spacial score (nSPS) is 29.5. The lowest BCUT2D eigenvalue weighted by atomic mass is 9.70. The van der Waals surface area contributed by atoms with E-state index < -0.39 is 6.17 Å². The van der Waals surface area contributed by atoms with E-state index >= 15 is 0 Å². The van der Waals surface area contributed by atoms with Gasteiger partial charge in [-0.15, -0.1) is 0 Å². The van der Waals surface area contributed by atoms with Crippen molar-refractivity contribution >= 4 is 29.0 Å². The Morgan fingerprint density at radius 2 is 1.74 bits per heavy atom. The number of anilines is 1. The second kappa shape index (κ2) is 7.90. The fourth-order valence-electron chi connectivity index (χ4n) is 6.36. The first-order chi connectivity index (χ1) is 16.1. The van der Waals surface area contributed by atoms with E-state index in [1.165, 1.54) is 0 Å². The van der Waals surface area contributed by atoms with Gasteiger partial charge in [-0.1, -0.05) is 69.3 Å². The minimum absolute atomic E-state index is 0.0964. The van der Waals surface area contributed by atoms with E-state index in [0.717, 1.165) is 29.7 Å². The summed E-state index contributed by atoms with van der Waals surface area (Å²) in [6, 6.07) is 17.3. The second-order valence-corrected chi connectivity index (χ2v) is 10.6. The summed E-state index contributed by atoms with van der Waals surface area (Å²) in [6.07, 6.45) is 0.886. The zero-order chi connectivity index (χ0) is 24.3. The number of nitrogens with one attached hydrogen (secondary N) is 1. The number of nitrogens with zero attached hydrogens (tertiary/aromatic N) is 2. The van der Waals surface area contributed by atoms with Crippen LogP contribution in [-0.4, -0.2) is 36.5 Å². The van der Waals surface area contributed by atoms with Gasteiger partial charge in [-0.05, 0) is 30.2 Å². The van der Waals surface area contributed by atoms with Crippen LogP contribution in [0.4, 0.5) is 5.69 Å². The number of para-hydroxylation sites is 1. The van der Waals surface area contributed by atoms with Gasteiger partial charge in [0.25, 0.3) is 5.91 Å².